The molecule has 1 heterocycles. The number of hydrogen-bond acceptors (Lipinski definition) is 3. The summed E-state index contributed by atoms with van der Waals surface area (Å²) in [5, 5.41) is 0. The molecule has 0 unspecified atom stereocenters. The predicted octanol–water partition coefficient (Wildman–Crippen LogP) is 1.97. The van der Waals surface area contributed by atoms with E-state index in [0.29, 0.717) is 22.4 Å². The van der Waals surface area contributed by atoms with Crippen molar-refractivity contribution in [1.82, 2.24) is 4.98 Å². The highest BCUT2D eigenvalue weighted by Crippen LogP contribution is 2.23. The van der Waals surface area contributed by atoms with Crippen molar-refractivity contribution < 1.29 is 9.59 Å². The third kappa shape index (κ3) is 2.13. The van der Waals surface area contributed by atoms with E-state index >= 15 is 0 Å². The molecular weight excluding hydrogens is 228 g/mol. The number of hydrogen-bond donors (Lipinski definition) is 1. The number of aldehydes is 1. The van der Waals surface area contributed by atoms with Crippen LogP contribution in [0.25, 0.3) is 11.3 Å². The van der Waals surface area contributed by atoms with Crippen LogP contribution < -0.4 is 5.73 Å². The zero-order valence-corrected chi connectivity index (χ0v) is 9.88. The molecule has 0 aliphatic rings. The molecule has 2 N–H and O–H groups in total. The quantitative estimate of drug-likeness (QED) is 0.833. The monoisotopic (exact) mass is 240 g/mol. The number of aromatic nitrogens is 1. The lowest BCUT2D eigenvalue weighted by Crippen LogP contribution is -2.10. The SMILES string of the molecule is Cc1ccnc(-c2cccc(C(N)=O)c2)c1C=O. The Labute approximate surface area is 104 Å². The number of nitrogens with zero attached hydrogens (tertiary/aromatic N) is 1. The number of pyridine rings is 1. The first-order chi connectivity index (χ1) is 8.63. The topological polar surface area (TPSA) is 73.0 Å². The van der Waals surface area contributed by atoms with Crippen molar-refractivity contribution in [3.63, 3.8) is 0 Å². The average molecular weight is 240 g/mol. The molecule has 18 heavy (non-hydrogen) atoms. The van der Waals surface area contributed by atoms with Gasteiger partial charge in [-0.15, -0.1) is 0 Å². The highest BCUT2D eigenvalue weighted by atomic mass is 16.1. The van der Waals surface area contributed by atoms with Gasteiger partial charge in [-0.2, -0.15) is 0 Å². The van der Waals surface area contributed by atoms with Gasteiger partial charge in [-0.05, 0) is 30.7 Å². The fourth-order valence-corrected chi connectivity index (χ4v) is 1.77. The first-order valence-electron chi connectivity index (χ1n) is 5.44. The Morgan fingerprint density at radius 1 is 1.33 bits per heavy atom. The maximum atomic E-state index is 11.1. The molecule has 0 radical (unpaired) electrons. The normalized spacial score (nSPS) is 10.1. The van der Waals surface area contributed by atoms with Gasteiger partial charge in [0.15, 0.2) is 6.29 Å². The zero-order chi connectivity index (χ0) is 13.1. The lowest BCUT2D eigenvalue weighted by molar-refractivity contribution is 0.1000. The second-order valence-corrected chi connectivity index (χ2v) is 3.95. The van der Waals surface area contributed by atoms with Crippen LogP contribution in [0.15, 0.2) is 36.5 Å². The molecule has 0 spiro atoms. The van der Waals surface area contributed by atoms with Crippen LogP contribution in [0.5, 0.6) is 0 Å². The van der Waals surface area contributed by atoms with Crippen LogP contribution in [-0.2, 0) is 0 Å². The molecule has 2 rings (SSSR count). The summed E-state index contributed by atoms with van der Waals surface area (Å²) in [4.78, 5) is 26.4. The fourth-order valence-electron chi connectivity index (χ4n) is 1.77. The van der Waals surface area contributed by atoms with E-state index in [4.69, 9.17) is 5.73 Å². The third-order valence-corrected chi connectivity index (χ3v) is 2.75. The lowest BCUT2D eigenvalue weighted by atomic mass is 10.0. The summed E-state index contributed by atoms with van der Waals surface area (Å²) in [6.45, 7) is 1.84. The standard InChI is InChI=1S/C14H12N2O2/c1-9-5-6-16-13(12(9)8-17)10-3-2-4-11(7-10)14(15)18/h2-8H,1H3,(H2,15,18). The van der Waals surface area contributed by atoms with Crippen molar-refractivity contribution >= 4 is 12.2 Å². The number of amides is 1. The molecule has 1 aromatic carbocycles. The Bertz CT molecular complexity index is 621. The van der Waals surface area contributed by atoms with Crippen LogP contribution in [0.3, 0.4) is 0 Å². The molecule has 0 aliphatic heterocycles. The highest BCUT2D eigenvalue weighted by Gasteiger charge is 2.10. The number of rotatable bonds is 3. The van der Waals surface area contributed by atoms with Crippen molar-refractivity contribution in [1.29, 1.82) is 0 Å². The molecule has 4 nitrogen and oxygen atoms in total. The second kappa shape index (κ2) is 4.79. The molecule has 1 aromatic heterocycles. The summed E-state index contributed by atoms with van der Waals surface area (Å²) in [7, 11) is 0. The first-order valence-corrected chi connectivity index (χ1v) is 5.44. The van der Waals surface area contributed by atoms with Gasteiger partial charge < -0.3 is 5.73 Å². The number of benzene rings is 1. The third-order valence-electron chi connectivity index (χ3n) is 2.75. The van der Waals surface area contributed by atoms with Crippen LogP contribution in [0.2, 0.25) is 0 Å². The molecule has 0 fully saturated rings. The van der Waals surface area contributed by atoms with Gasteiger partial charge in [-0.1, -0.05) is 12.1 Å². The maximum Gasteiger partial charge on any atom is 0.248 e. The Hall–Kier alpha value is -2.49. The molecule has 0 saturated carbocycles. The fraction of sp³-hybridized carbons (Fsp3) is 0.0714. The summed E-state index contributed by atoms with van der Waals surface area (Å²) >= 11 is 0. The van der Waals surface area contributed by atoms with Crippen LogP contribution in [0, 0.1) is 6.92 Å². The molecular formula is C14H12N2O2. The van der Waals surface area contributed by atoms with Crippen molar-refractivity contribution in [3.8, 4) is 11.3 Å². The largest absolute Gasteiger partial charge is 0.366 e. The number of nitrogens with two attached hydrogens (primary N) is 1. The molecule has 2 aromatic rings. The van der Waals surface area contributed by atoms with Gasteiger partial charge in [-0.25, -0.2) is 0 Å². The Balaban J connectivity index is 2.62. The molecule has 0 saturated heterocycles. The van der Waals surface area contributed by atoms with Gasteiger partial charge in [0.05, 0.1) is 5.69 Å². The Morgan fingerprint density at radius 3 is 2.78 bits per heavy atom. The minimum atomic E-state index is -0.503. The van der Waals surface area contributed by atoms with Crippen molar-refractivity contribution in [2.45, 2.75) is 6.92 Å². The summed E-state index contributed by atoms with van der Waals surface area (Å²) < 4.78 is 0. The summed E-state index contributed by atoms with van der Waals surface area (Å²) in [5.41, 5.74) is 8.27. The Kier molecular flexibility index (Phi) is 3.19. The number of primary amides is 1. The number of carbonyl (C=O) groups excluding carboxylic acids is 2. The molecule has 0 aliphatic carbocycles. The molecule has 1 amide bonds. The summed E-state index contributed by atoms with van der Waals surface area (Å²) in [6.07, 6.45) is 2.41. The van der Waals surface area contributed by atoms with Gasteiger partial charge >= 0.3 is 0 Å². The van der Waals surface area contributed by atoms with Gasteiger partial charge in [0, 0.05) is 22.9 Å². The molecule has 0 atom stereocenters. The van der Waals surface area contributed by atoms with Crippen LogP contribution in [0.4, 0.5) is 0 Å². The van der Waals surface area contributed by atoms with Gasteiger partial charge in [-0.3, -0.25) is 14.6 Å². The molecule has 4 heteroatoms. The van der Waals surface area contributed by atoms with E-state index in [9.17, 15) is 9.59 Å². The average Bonchev–Trinajstić information content (AvgIpc) is 2.38. The minimum absolute atomic E-state index is 0.396. The summed E-state index contributed by atoms with van der Waals surface area (Å²) in [6, 6.07) is 8.54. The van der Waals surface area contributed by atoms with Gasteiger partial charge in [0.2, 0.25) is 5.91 Å². The van der Waals surface area contributed by atoms with E-state index < -0.39 is 5.91 Å². The van der Waals surface area contributed by atoms with Crippen LogP contribution >= 0.6 is 0 Å². The lowest BCUT2D eigenvalue weighted by Gasteiger charge is -2.07. The molecule has 90 valence electrons. The van der Waals surface area contributed by atoms with E-state index in [-0.39, 0.29) is 0 Å². The number of aryl methyl sites for hydroxylation is 1. The smallest absolute Gasteiger partial charge is 0.248 e. The van der Waals surface area contributed by atoms with E-state index in [0.717, 1.165) is 11.8 Å². The first kappa shape index (κ1) is 12.0. The predicted molar refractivity (Wildman–Crippen MR) is 68.3 cm³/mol. The minimum Gasteiger partial charge on any atom is -0.366 e. The summed E-state index contributed by atoms with van der Waals surface area (Å²) in [5.74, 6) is -0.503. The van der Waals surface area contributed by atoms with E-state index in [2.05, 4.69) is 4.98 Å². The Morgan fingerprint density at radius 2 is 2.11 bits per heavy atom. The van der Waals surface area contributed by atoms with Gasteiger partial charge in [0.1, 0.15) is 0 Å². The van der Waals surface area contributed by atoms with E-state index in [1.165, 1.54) is 0 Å². The second-order valence-electron chi connectivity index (χ2n) is 3.95. The van der Waals surface area contributed by atoms with Crippen molar-refractivity contribution in [2.24, 2.45) is 5.73 Å². The van der Waals surface area contributed by atoms with E-state index in [1.807, 2.05) is 6.92 Å². The highest BCUT2D eigenvalue weighted by molar-refractivity contribution is 5.95. The van der Waals surface area contributed by atoms with Crippen molar-refractivity contribution in [3.05, 3.63) is 53.2 Å². The van der Waals surface area contributed by atoms with Gasteiger partial charge in [0.25, 0.3) is 0 Å². The van der Waals surface area contributed by atoms with Crippen LogP contribution in [0.1, 0.15) is 26.3 Å². The number of carbonyl (C=O) groups is 2. The van der Waals surface area contributed by atoms with E-state index in [1.54, 1.807) is 36.5 Å². The van der Waals surface area contributed by atoms with Crippen molar-refractivity contribution in [2.75, 3.05) is 0 Å². The maximum absolute atomic E-state index is 11.1. The zero-order valence-electron chi connectivity index (χ0n) is 9.88. The molecule has 0 bridgehead atoms. The van der Waals surface area contributed by atoms with Crippen LogP contribution in [-0.4, -0.2) is 17.2 Å².